The van der Waals surface area contributed by atoms with Gasteiger partial charge in [-0.3, -0.25) is 9.78 Å². The van der Waals surface area contributed by atoms with E-state index in [9.17, 15) is 9.59 Å². The molecule has 1 saturated carbocycles. The Bertz CT molecular complexity index is 1560. The van der Waals surface area contributed by atoms with E-state index in [4.69, 9.17) is 9.47 Å². The number of esters is 1. The minimum atomic E-state index is -0.576. The first-order chi connectivity index (χ1) is 18.6. The predicted octanol–water partition coefficient (Wildman–Crippen LogP) is 5.81. The fourth-order valence-corrected chi connectivity index (χ4v) is 6.79. The molecule has 0 spiro atoms. The highest BCUT2D eigenvalue weighted by Crippen LogP contribution is 2.46. The number of aromatic nitrogens is 2. The summed E-state index contributed by atoms with van der Waals surface area (Å²) >= 11 is 1.80. The molecular weight excluding hydrogens is 498 g/mol. The highest BCUT2D eigenvalue weighted by atomic mass is 32.1. The first-order valence-electron chi connectivity index (χ1n) is 13.3. The van der Waals surface area contributed by atoms with Crippen molar-refractivity contribution in [3.8, 4) is 16.2 Å². The molecule has 1 fully saturated rings. The van der Waals surface area contributed by atoms with E-state index in [1.165, 1.54) is 16.0 Å². The maximum Gasteiger partial charge on any atom is 0.343 e. The molecule has 0 aliphatic heterocycles. The van der Waals surface area contributed by atoms with Gasteiger partial charge in [0.15, 0.2) is 5.75 Å². The van der Waals surface area contributed by atoms with Crippen molar-refractivity contribution in [2.75, 3.05) is 13.7 Å². The lowest BCUT2D eigenvalue weighted by molar-refractivity contribution is 0.0524. The van der Waals surface area contributed by atoms with E-state index >= 15 is 0 Å². The van der Waals surface area contributed by atoms with Crippen molar-refractivity contribution in [2.24, 2.45) is 0 Å². The summed E-state index contributed by atoms with van der Waals surface area (Å²) in [6.07, 6.45) is 10.7. The van der Waals surface area contributed by atoms with Crippen LogP contribution in [0.5, 0.6) is 5.75 Å². The normalized spacial score (nSPS) is 16.8. The highest BCUT2D eigenvalue weighted by Gasteiger charge is 2.30. The molecule has 38 heavy (non-hydrogen) atoms. The molecular formula is C30H31N3O4S. The number of hydrogen-bond acceptors (Lipinski definition) is 7. The van der Waals surface area contributed by atoms with Crippen LogP contribution in [0.1, 0.15) is 71.1 Å². The Morgan fingerprint density at radius 1 is 1.24 bits per heavy atom. The molecule has 2 aliphatic carbocycles. The third-order valence-corrected chi connectivity index (χ3v) is 8.75. The zero-order valence-corrected chi connectivity index (χ0v) is 22.5. The minimum absolute atomic E-state index is 0.0789. The molecule has 7 nitrogen and oxygen atoms in total. The van der Waals surface area contributed by atoms with E-state index in [0.717, 1.165) is 54.6 Å². The third-order valence-electron chi connectivity index (χ3n) is 7.42. The number of thiophene rings is 1. The minimum Gasteiger partial charge on any atom is -0.494 e. The number of ether oxygens (including phenoxy) is 2. The molecule has 3 aromatic heterocycles. The van der Waals surface area contributed by atoms with Crippen molar-refractivity contribution in [1.29, 1.82) is 0 Å². The van der Waals surface area contributed by atoms with E-state index in [1.807, 2.05) is 24.4 Å². The van der Waals surface area contributed by atoms with E-state index < -0.39 is 5.97 Å². The summed E-state index contributed by atoms with van der Waals surface area (Å²) in [5, 5.41) is 4.22. The van der Waals surface area contributed by atoms with Crippen LogP contribution >= 0.6 is 11.3 Å². The van der Waals surface area contributed by atoms with Gasteiger partial charge in [-0.25, -0.2) is 4.79 Å². The van der Waals surface area contributed by atoms with E-state index in [1.54, 1.807) is 37.8 Å². The Labute approximate surface area is 225 Å². The lowest BCUT2D eigenvalue weighted by atomic mass is 9.94. The Balaban J connectivity index is 1.42. The zero-order valence-electron chi connectivity index (χ0n) is 21.7. The van der Waals surface area contributed by atoms with Crippen LogP contribution in [-0.4, -0.2) is 29.2 Å². The number of rotatable bonds is 8. The summed E-state index contributed by atoms with van der Waals surface area (Å²) < 4.78 is 13.2. The molecule has 1 N–H and O–H groups in total. The topological polar surface area (TPSA) is 82.4 Å². The van der Waals surface area contributed by atoms with Gasteiger partial charge in [-0.2, -0.15) is 0 Å². The number of fused-ring (bicyclic) bond motifs is 2. The van der Waals surface area contributed by atoms with Gasteiger partial charge in [-0.1, -0.05) is 6.07 Å². The van der Waals surface area contributed by atoms with Gasteiger partial charge >= 0.3 is 5.97 Å². The Kier molecular flexibility index (Phi) is 6.76. The highest BCUT2D eigenvalue weighted by molar-refractivity contribution is 7.15. The van der Waals surface area contributed by atoms with Crippen LogP contribution in [0.25, 0.3) is 21.3 Å². The van der Waals surface area contributed by atoms with Crippen LogP contribution in [-0.2, 0) is 17.7 Å². The van der Waals surface area contributed by atoms with Gasteiger partial charge in [0.05, 0.1) is 24.6 Å². The molecule has 0 radical (unpaired) electrons. The van der Waals surface area contributed by atoms with Crippen molar-refractivity contribution < 1.29 is 14.3 Å². The maximum absolute atomic E-state index is 13.4. The monoisotopic (exact) mass is 529 g/mol. The van der Waals surface area contributed by atoms with Gasteiger partial charge in [0.1, 0.15) is 5.56 Å². The lowest BCUT2D eigenvalue weighted by Crippen LogP contribution is -2.23. The SMILES string of the molecule is CCOC(=O)c1cn(C2CC2)c2c(OC)c(-c3cc4c(s3)C(NCc3cccnc3)CCC4)ccc2c1=O. The van der Waals surface area contributed by atoms with E-state index in [0.29, 0.717) is 17.2 Å². The van der Waals surface area contributed by atoms with Crippen molar-refractivity contribution in [3.05, 3.63) is 80.7 Å². The first kappa shape index (κ1) is 24.8. The van der Waals surface area contributed by atoms with Crippen molar-refractivity contribution >= 4 is 28.2 Å². The second kappa shape index (κ2) is 10.3. The first-order valence-corrected chi connectivity index (χ1v) is 14.1. The van der Waals surface area contributed by atoms with Gasteiger partial charge in [0, 0.05) is 52.5 Å². The smallest absolute Gasteiger partial charge is 0.343 e. The van der Waals surface area contributed by atoms with Crippen LogP contribution in [0, 0.1) is 0 Å². The number of pyridine rings is 2. The molecule has 0 saturated heterocycles. The number of aryl methyl sites for hydroxylation is 1. The molecule has 4 aromatic rings. The summed E-state index contributed by atoms with van der Waals surface area (Å²) in [5.74, 6) is 0.105. The Morgan fingerprint density at radius 3 is 2.84 bits per heavy atom. The lowest BCUT2D eigenvalue weighted by Gasteiger charge is -2.23. The third kappa shape index (κ3) is 4.52. The van der Waals surface area contributed by atoms with Gasteiger partial charge in [-0.05, 0) is 74.4 Å². The van der Waals surface area contributed by atoms with Crippen LogP contribution in [0.2, 0.25) is 0 Å². The summed E-state index contributed by atoms with van der Waals surface area (Å²) in [5.41, 5.74) is 4.04. The van der Waals surface area contributed by atoms with Crippen LogP contribution in [0.3, 0.4) is 0 Å². The number of nitrogens with zero attached hydrogens (tertiary/aromatic N) is 2. The molecule has 0 amide bonds. The average Bonchev–Trinajstić information content (AvgIpc) is 3.69. The molecule has 1 unspecified atom stereocenters. The molecule has 1 atom stereocenters. The number of nitrogens with one attached hydrogen (secondary N) is 1. The second-order valence-corrected chi connectivity index (χ2v) is 11.0. The second-order valence-electron chi connectivity index (χ2n) is 9.96. The number of hydrogen-bond donors (Lipinski definition) is 1. The van der Waals surface area contributed by atoms with Crippen LogP contribution in [0.15, 0.2) is 53.7 Å². The number of methoxy groups -OCH3 is 1. The molecule has 8 heteroatoms. The Hall–Kier alpha value is -3.49. The average molecular weight is 530 g/mol. The molecule has 1 aromatic carbocycles. The molecule has 196 valence electrons. The zero-order chi connectivity index (χ0) is 26.2. The van der Waals surface area contributed by atoms with Gasteiger partial charge in [0.2, 0.25) is 5.43 Å². The summed E-state index contributed by atoms with van der Waals surface area (Å²) in [4.78, 5) is 32.7. The summed E-state index contributed by atoms with van der Waals surface area (Å²) in [6.45, 7) is 2.75. The standard InChI is InChI=1S/C30H31N3O4S/c1-3-37-30(35)23-17-33(20-9-10-20)26-22(27(23)34)12-11-21(28(26)36-2)25-14-19-7-4-8-24(29(19)38-25)32-16-18-6-5-13-31-15-18/h5-6,11-15,17,20,24,32H,3-4,7-10,16H2,1-2H3. The fourth-order valence-electron chi connectivity index (χ4n) is 5.45. The fraction of sp³-hybridized carbons (Fsp3) is 0.367. The summed E-state index contributed by atoms with van der Waals surface area (Å²) in [6, 6.07) is 10.7. The van der Waals surface area contributed by atoms with Crippen LogP contribution in [0.4, 0.5) is 0 Å². The van der Waals surface area contributed by atoms with E-state index in [2.05, 4.69) is 27.0 Å². The van der Waals surface area contributed by atoms with Crippen LogP contribution < -0.4 is 15.5 Å². The Morgan fingerprint density at radius 2 is 2.11 bits per heavy atom. The number of benzene rings is 1. The largest absolute Gasteiger partial charge is 0.494 e. The molecule has 2 aliphatic rings. The number of carbonyl (C=O) groups is 1. The molecule has 0 bridgehead atoms. The van der Waals surface area contributed by atoms with Crippen molar-refractivity contribution in [1.82, 2.24) is 14.9 Å². The number of carbonyl (C=O) groups excluding carboxylic acids is 1. The van der Waals surface area contributed by atoms with Crippen molar-refractivity contribution in [3.63, 3.8) is 0 Å². The maximum atomic E-state index is 13.4. The molecule has 3 heterocycles. The van der Waals surface area contributed by atoms with E-state index in [-0.39, 0.29) is 23.6 Å². The predicted molar refractivity (Wildman–Crippen MR) is 149 cm³/mol. The summed E-state index contributed by atoms with van der Waals surface area (Å²) in [7, 11) is 1.66. The van der Waals surface area contributed by atoms with Gasteiger partial charge < -0.3 is 19.4 Å². The van der Waals surface area contributed by atoms with Crippen molar-refractivity contribution in [2.45, 2.75) is 57.7 Å². The molecule has 6 rings (SSSR count). The van der Waals surface area contributed by atoms with Gasteiger partial charge in [-0.15, -0.1) is 11.3 Å². The quantitative estimate of drug-likeness (QED) is 0.290. The van der Waals surface area contributed by atoms with Gasteiger partial charge in [0.25, 0.3) is 0 Å².